The summed E-state index contributed by atoms with van der Waals surface area (Å²) in [5.74, 6) is -0.720. The minimum atomic E-state index is -1.78. The second-order valence-corrected chi connectivity index (χ2v) is 1.11. The molecule has 0 aromatic rings. The summed E-state index contributed by atoms with van der Waals surface area (Å²) in [5.41, 5.74) is 0. The molecule has 6 heavy (non-hydrogen) atoms. The monoisotopic (exact) mass is 88.1 g/mol. The topological polar surface area (TPSA) is 29.1 Å². The molecule has 0 atom stereocenters. The second-order valence-electron chi connectivity index (χ2n) is 1.11. The van der Waals surface area contributed by atoms with Crippen molar-refractivity contribution in [3.05, 3.63) is 0 Å². The van der Waals surface area contributed by atoms with E-state index in [1.54, 1.807) is 0 Å². The van der Waals surface area contributed by atoms with Crippen LogP contribution < -0.4 is 5.31 Å². The summed E-state index contributed by atoms with van der Waals surface area (Å²) >= 11 is 0. The Morgan fingerprint density at radius 2 is 3.00 bits per heavy atom. The number of rotatable bonds is 0. The summed E-state index contributed by atoms with van der Waals surface area (Å²) in [7, 11) is 0. The van der Waals surface area contributed by atoms with Crippen molar-refractivity contribution in [2.24, 2.45) is 0 Å². The molecule has 1 heterocycles. The fourth-order valence-electron chi connectivity index (χ4n) is 0.376. The van der Waals surface area contributed by atoms with Gasteiger partial charge in [0.1, 0.15) is 0 Å². The van der Waals surface area contributed by atoms with Crippen LogP contribution >= 0.6 is 0 Å². The molecule has 0 spiro atoms. The zero-order valence-electron chi connectivity index (χ0n) is 6.27. The first-order valence-corrected chi connectivity index (χ1v) is 1.85. The van der Waals surface area contributed by atoms with Gasteiger partial charge in [0.2, 0.25) is 5.91 Å². The van der Waals surface area contributed by atoms with Gasteiger partial charge in [0.15, 0.2) is 1.41 Å². The fourth-order valence-corrected chi connectivity index (χ4v) is 0.376. The zero-order chi connectivity index (χ0) is 7.07. The average Bonchev–Trinajstić information content (AvgIpc) is 1.97. The normalized spacial score (nSPS) is 38.3. The standard InChI is InChI=1S/C4H7NO/c6-4-2-1-3-5-4/h1-3H2,(H,5,6)/i2D2/hD. The van der Waals surface area contributed by atoms with Gasteiger partial charge in [-0.3, -0.25) is 4.79 Å². The summed E-state index contributed by atoms with van der Waals surface area (Å²) in [5, 5.41) is 0.667. The molecular formula is C4H7NO. The molecule has 34 valence electrons. The van der Waals surface area contributed by atoms with Crippen molar-refractivity contribution in [2.75, 3.05) is 6.54 Å². The summed E-state index contributed by atoms with van der Waals surface area (Å²) in [6, 6.07) is 0. The Balaban J connectivity index is 2.74. The van der Waals surface area contributed by atoms with Crippen LogP contribution in [0.3, 0.4) is 0 Å². The van der Waals surface area contributed by atoms with E-state index in [2.05, 4.69) is 0 Å². The van der Waals surface area contributed by atoms with Gasteiger partial charge in [0.25, 0.3) is 0 Å². The van der Waals surface area contributed by atoms with Crippen LogP contribution in [0.25, 0.3) is 0 Å². The highest BCUT2D eigenvalue weighted by Crippen LogP contribution is 1.93. The van der Waals surface area contributed by atoms with E-state index in [0.717, 1.165) is 0 Å². The average molecular weight is 88.1 g/mol. The predicted octanol–water partition coefficient (Wildman–Crippen LogP) is -0.104. The van der Waals surface area contributed by atoms with E-state index in [-0.39, 0.29) is 13.0 Å². The van der Waals surface area contributed by atoms with Crippen LogP contribution in [0.5, 0.6) is 0 Å². The van der Waals surface area contributed by atoms with Crippen molar-refractivity contribution in [3.8, 4) is 0 Å². The van der Waals surface area contributed by atoms with Crippen LogP contribution in [0.2, 0.25) is 1.41 Å². The Labute approximate surface area is 40.8 Å². The maximum atomic E-state index is 10.6. The quantitative estimate of drug-likeness (QED) is 0.440. The van der Waals surface area contributed by atoms with E-state index in [4.69, 9.17) is 4.15 Å². The van der Waals surface area contributed by atoms with Crippen LogP contribution in [-0.4, -0.2) is 12.5 Å². The minimum absolute atomic E-state index is 0.148. The SMILES string of the molecule is [2H]N1CCC([2H])([2H])C1=O. The van der Waals surface area contributed by atoms with Crippen LogP contribution in [-0.2, 0) is 4.79 Å². The molecule has 1 N–H and O–H groups in total. The number of carbonyl (C=O) groups is 1. The lowest BCUT2D eigenvalue weighted by Gasteiger charge is -1.80. The third-order valence-corrected chi connectivity index (χ3v) is 0.643. The number of carbonyl (C=O) groups excluding carboxylic acids is 1. The van der Waals surface area contributed by atoms with Gasteiger partial charge in [-0.25, -0.2) is 0 Å². The van der Waals surface area contributed by atoms with E-state index in [1.165, 1.54) is 0 Å². The maximum Gasteiger partial charge on any atom is 0.220 e. The highest BCUT2D eigenvalue weighted by Gasteiger charge is 2.05. The van der Waals surface area contributed by atoms with Crippen molar-refractivity contribution in [2.45, 2.75) is 12.8 Å². The van der Waals surface area contributed by atoms with Crippen LogP contribution in [0.15, 0.2) is 0 Å². The Morgan fingerprint density at radius 3 is 3.17 bits per heavy atom. The minimum Gasteiger partial charge on any atom is -0.356 e. The van der Waals surface area contributed by atoms with Gasteiger partial charge < -0.3 is 5.31 Å². The van der Waals surface area contributed by atoms with Gasteiger partial charge in [-0.15, -0.1) is 0 Å². The highest BCUT2D eigenvalue weighted by atomic mass is 16.1. The third kappa shape index (κ3) is 0.506. The van der Waals surface area contributed by atoms with Crippen molar-refractivity contribution < 1.29 is 8.95 Å². The Kier molecular flexibility index (Phi) is 0.326. The fraction of sp³-hybridized carbons (Fsp3) is 0.750. The summed E-state index contributed by atoms with van der Waals surface area (Å²) in [6.07, 6.45) is -1.63. The smallest absolute Gasteiger partial charge is 0.220 e. The van der Waals surface area contributed by atoms with E-state index in [0.29, 0.717) is 5.31 Å². The molecule has 1 amide bonds. The molecule has 1 aliphatic heterocycles. The van der Waals surface area contributed by atoms with Crippen molar-refractivity contribution in [3.63, 3.8) is 0 Å². The highest BCUT2D eigenvalue weighted by molar-refractivity contribution is 5.77. The summed E-state index contributed by atoms with van der Waals surface area (Å²) in [4.78, 5) is 10.6. The molecule has 1 fully saturated rings. The Morgan fingerprint density at radius 1 is 2.17 bits per heavy atom. The predicted molar refractivity (Wildman–Crippen MR) is 22.2 cm³/mol. The molecule has 0 unspecified atom stereocenters. The molecular weight excluding hydrogens is 78.0 g/mol. The van der Waals surface area contributed by atoms with Crippen molar-refractivity contribution >= 4 is 5.91 Å². The molecule has 1 aliphatic rings. The van der Waals surface area contributed by atoms with Gasteiger partial charge in [0, 0.05) is 15.7 Å². The van der Waals surface area contributed by atoms with Crippen LogP contribution in [0.1, 0.15) is 15.5 Å². The molecule has 0 aromatic heterocycles. The number of nitrogens with one attached hydrogen (secondary N) is 1. The lowest BCUT2D eigenvalue weighted by molar-refractivity contribution is -0.119. The van der Waals surface area contributed by atoms with E-state index in [1.807, 2.05) is 0 Å². The Bertz CT molecular complexity index is 147. The second kappa shape index (κ2) is 1.29. The van der Waals surface area contributed by atoms with Gasteiger partial charge in [0.05, 0.1) is 0 Å². The number of hydrogen-bond donors (Lipinski definition) is 1. The number of hydrogen-bond acceptors (Lipinski definition) is 1. The van der Waals surface area contributed by atoms with Crippen LogP contribution in [0.4, 0.5) is 0 Å². The molecule has 1 rings (SSSR count). The molecule has 0 aromatic carbocycles. The molecule has 1 saturated heterocycles. The first kappa shape index (κ1) is 1.52. The molecule has 2 nitrogen and oxygen atoms in total. The molecule has 0 radical (unpaired) electrons. The van der Waals surface area contributed by atoms with Crippen LogP contribution in [0, 0.1) is 0 Å². The third-order valence-electron chi connectivity index (χ3n) is 0.643. The molecule has 2 heteroatoms. The van der Waals surface area contributed by atoms with Gasteiger partial charge in [-0.2, -0.15) is 0 Å². The van der Waals surface area contributed by atoms with E-state index in [9.17, 15) is 4.79 Å². The number of amides is 1. The van der Waals surface area contributed by atoms with Gasteiger partial charge in [-0.05, 0) is 6.42 Å². The van der Waals surface area contributed by atoms with E-state index < -0.39 is 12.3 Å². The Hall–Kier alpha value is -0.530. The lowest BCUT2D eigenvalue weighted by Crippen LogP contribution is -2.12. The summed E-state index contributed by atoms with van der Waals surface area (Å²) in [6.45, 7) is 0.214. The van der Waals surface area contributed by atoms with E-state index >= 15 is 0 Å². The molecule has 0 aliphatic carbocycles. The first-order valence-electron chi connectivity index (χ1n) is 3.29. The van der Waals surface area contributed by atoms with Crippen molar-refractivity contribution in [1.82, 2.24) is 5.31 Å². The zero-order valence-corrected chi connectivity index (χ0v) is 3.27. The maximum absolute atomic E-state index is 10.6. The van der Waals surface area contributed by atoms with Gasteiger partial charge in [-0.1, -0.05) is 0 Å². The molecule has 0 saturated carbocycles. The lowest BCUT2D eigenvalue weighted by atomic mass is 10.4. The molecule has 0 bridgehead atoms. The largest absolute Gasteiger partial charge is 0.356 e. The van der Waals surface area contributed by atoms with Gasteiger partial charge >= 0.3 is 0 Å². The first-order chi connectivity index (χ1) is 4.04. The summed E-state index contributed by atoms with van der Waals surface area (Å²) < 4.78 is 20.8. The van der Waals surface area contributed by atoms with Crippen molar-refractivity contribution in [1.29, 1.82) is 0 Å².